The van der Waals surface area contributed by atoms with Gasteiger partial charge in [-0.3, -0.25) is 4.98 Å². The first kappa shape index (κ1) is 13.2. The van der Waals surface area contributed by atoms with Crippen molar-refractivity contribution >= 4 is 0 Å². The van der Waals surface area contributed by atoms with Crippen LogP contribution in [0.3, 0.4) is 0 Å². The molecule has 0 aliphatic rings. The molecule has 0 spiro atoms. The molecule has 0 aliphatic heterocycles. The summed E-state index contributed by atoms with van der Waals surface area (Å²) in [4.78, 5) is 3.98. The summed E-state index contributed by atoms with van der Waals surface area (Å²) in [6.07, 6.45) is 7.19. The summed E-state index contributed by atoms with van der Waals surface area (Å²) >= 11 is 0. The Hall–Kier alpha value is -0.890. The van der Waals surface area contributed by atoms with E-state index in [9.17, 15) is 5.11 Å². The summed E-state index contributed by atoms with van der Waals surface area (Å²) in [7, 11) is 0. The maximum Gasteiger partial charge on any atom is 0.0543 e. The van der Waals surface area contributed by atoms with Gasteiger partial charge in [0.05, 0.1) is 6.10 Å². The van der Waals surface area contributed by atoms with Crippen molar-refractivity contribution in [2.45, 2.75) is 52.6 Å². The van der Waals surface area contributed by atoms with Gasteiger partial charge in [0.25, 0.3) is 0 Å². The maximum absolute atomic E-state index is 9.86. The Morgan fingerprint density at radius 2 is 1.81 bits per heavy atom. The van der Waals surface area contributed by atoms with Crippen LogP contribution in [0.25, 0.3) is 0 Å². The lowest BCUT2D eigenvalue weighted by molar-refractivity contribution is 0.137. The van der Waals surface area contributed by atoms with Gasteiger partial charge in [0.2, 0.25) is 0 Å². The summed E-state index contributed by atoms with van der Waals surface area (Å²) in [5.74, 6) is 0. The smallest absolute Gasteiger partial charge is 0.0543 e. The molecule has 16 heavy (non-hydrogen) atoms. The molecule has 90 valence electrons. The largest absolute Gasteiger partial charge is 0.393 e. The summed E-state index contributed by atoms with van der Waals surface area (Å²) in [6.45, 7) is 6.63. The molecule has 0 aromatic carbocycles. The number of aliphatic hydroxyl groups excluding tert-OH is 1. The number of aromatic nitrogens is 1. The molecule has 0 aliphatic carbocycles. The number of hydrogen-bond acceptors (Lipinski definition) is 2. The quantitative estimate of drug-likeness (QED) is 0.828. The van der Waals surface area contributed by atoms with Crippen molar-refractivity contribution in [1.29, 1.82) is 0 Å². The van der Waals surface area contributed by atoms with Crippen LogP contribution in [0, 0.1) is 5.41 Å². The highest BCUT2D eigenvalue weighted by Crippen LogP contribution is 2.22. The van der Waals surface area contributed by atoms with E-state index in [1.165, 1.54) is 5.56 Å². The molecule has 0 saturated heterocycles. The fourth-order valence-corrected chi connectivity index (χ4v) is 1.63. The third kappa shape index (κ3) is 5.86. The van der Waals surface area contributed by atoms with Crippen molar-refractivity contribution in [3.63, 3.8) is 0 Å². The Morgan fingerprint density at radius 3 is 2.38 bits per heavy atom. The van der Waals surface area contributed by atoms with Gasteiger partial charge in [-0.25, -0.2) is 0 Å². The monoisotopic (exact) mass is 221 g/mol. The van der Waals surface area contributed by atoms with Crippen molar-refractivity contribution in [3.8, 4) is 0 Å². The molecular weight excluding hydrogens is 198 g/mol. The highest BCUT2D eigenvalue weighted by atomic mass is 16.3. The van der Waals surface area contributed by atoms with Crippen LogP contribution in [-0.2, 0) is 6.42 Å². The second-order valence-corrected chi connectivity index (χ2v) is 5.65. The van der Waals surface area contributed by atoms with Crippen molar-refractivity contribution in [3.05, 3.63) is 30.1 Å². The minimum Gasteiger partial charge on any atom is -0.393 e. The van der Waals surface area contributed by atoms with Gasteiger partial charge in [-0.15, -0.1) is 0 Å². The Bertz CT molecular complexity index is 289. The van der Waals surface area contributed by atoms with E-state index < -0.39 is 0 Å². The molecule has 2 nitrogen and oxygen atoms in total. The summed E-state index contributed by atoms with van der Waals surface area (Å²) in [6, 6.07) is 4.02. The Kier molecular flexibility index (Phi) is 4.94. The first-order chi connectivity index (χ1) is 7.47. The van der Waals surface area contributed by atoms with E-state index in [-0.39, 0.29) is 6.10 Å². The van der Waals surface area contributed by atoms with Crippen LogP contribution in [0.5, 0.6) is 0 Å². The summed E-state index contributed by atoms with van der Waals surface area (Å²) < 4.78 is 0. The number of aryl methyl sites for hydroxylation is 1. The number of pyridine rings is 1. The van der Waals surface area contributed by atoms with Crippen LogP contribution in [0.2, 0.25) is 0 Å². The second-order valence-electron chi connectivity index (χ2n) is 5.65. The van der Waals surface area contributed by atoms with Crippen LogP contribution >= 0.6 is 0 Å². The average molecular weight is 221 g/mol. The topological polar surface area (TPSA) is 33.1 Å². The van der Waals surface area contributed by atoms with Gasteiger partial charge < -0.3 is 5.11 Å². The standard InChI is InChI=1S/C14H23NO/c1-14(2,3)9-6-13(16)5-4-12-7-10-15-11-8-12/h7-8,10-11,13,16H,4-6,9H2,1-3H3. The molecular formula is C14H23NO. The predicted molar refractivity (Wildman–Crippen MR) is 67.3 cm³/mol. The van der Waals surface area contributed by atoms with Crippen LogP contribution in [0.4, 0.5) is 0 Å². The fraction of sp³-hybridized carbons (Fsp3) is 0.643. The molecule has 2 heteroatoms. The second kappa shape index (κ2) is 6.00. The van der Waals surface area contributed by atoms with Gasteiger partial charge in [0.15, 0.2) is 0 Å². The van der Waals surface area contributed by atoms with E-state index in [4.69, 9.17) is 0 Å². The van der Waals surface area contributed by atoms with E-state index in [1.54, 1.807) is 12.4 Å². The minimum absolute atomic E-state index is 0.174. The summed E-state index contributed by atoms with van der Waals surface area (Å²) in [5, 5.41) is 9.86. The predicted octanol–water partition coefficient (Wildman–Crippen LogP) is 3.20. The minimum atomic E-state index is -0.174. The van der Waals surface area contributed by atoms with E-state index in [1.807, 2.05) is 12.1 Å². The van der Waals surface area contributed by atoms with Gasteiger partial charge in [-0.1, -0.05) is 20.8 Å². The molecule has 1 heterocycles. The average Bonchev–Trinajstić information content (AvgIpc) is 2.24. The molecule has 0 fully saturated rings. The lowest BCUT2D eigenvalue weighted by atomic mass is 9.88. The molecule has 1 aromatic rings. The molecule has 0 saturated carbocycles. The number of aliphatic hydroxyl groups is 1. The van der Waals surface area contributed by atoms with Gasteiger partial charge >= 0.3 is 0 Å². The number of hydrogen-bond donors (Lipinski definition) is 1. The zero-order valence-corrected chi connectivity index (χ0v) is 10.6. The van der Waals surface area contributed by atoms with Crippen molar-refractivity contribution < 1.29 is 5.11 Å². The van der Waals surface area contributed by atoms with Crippen LogP contribution in [-0.4, -0.2) is 16.2 Å². The van der Waals surface area contributed by atoms with Crippen LogP contribution in [0.1, 0.15) is 45.6 Å². The van der Waals surface area contributed by atoms with Crippen molar-refractivity contribution in [1.82, 2.24) is 4.98 Å². The van der Waals surface area contributed by atoms with E-state index in [0.717, 1.165) is 25.7 Å². The molecule has 0 amide bonds. The zero-order chi connectivity index (χ0) is 12.0. The van der Waals surface area contributed by atoms with Gasteiger partial charge in [-0.2, -0.15) is 0 Å². The van der Waals surface area contributed by atoms with Gasteiger partial charge in [-0.05, 0) is 48.8 Å². The molecule has 1 unspecified atom stereocenters. The van der Waals surface area contributed by atoms with Crippen molar-refractivity contribution in [2.24, 2.45) is 5.41 Å². The fourth-order valence-electron chi connectivity index (χ4n) is 1.63. The lowest BCUT2D eigenvalue weighted by Gasteiger charge is -2.20. The Balaban J connectivity index is 2.23. The van der Waals surface area contributed by atoms with E-state index >= 15 is 0 Å². The Labute approximate surface area is 98.7 Å². The van der Waals surface area contributed by atoms with Gasteiger partial charge in [0, 0.05) is 12.4 Å². The lowest BCUT2D eigenvalue weighted by Crippen LogP contribution is -2.13. The molecule has 1 N–H and O–H groups in total. The molecule has 0 bridgehead atoms. The normalized spacial score (nSPS) is 13.8. The van der Waals surface area contributed by atoms with E-state index in [2.05, 4.69) is 25.8 Å². The maximum atomic E-state index is 9.86. The number of rotatable bonds is 5. The van der Waals surface area contributed by atoms with Crippen LogP contribution in [0.15, 0.2) is 24.5 Å². The highest BCUT2D eigenvalue weighted by Gasteiger charge is 2.13. The zero-order valence-electron chi connectivity index (χ0n) is 10.6. The van der Waals surface area contributed by atoms with Gasteiger partial charge in [0.1, 0.15) is 0 Å². The van der Waals surface area contributed by atoms with Crippen LogP contribution < -0.4 is 0 Å². The molecule has 0 radical (unpaired) electrons. The third-order valence-corrected chi connectivity index (χ3v) is 2.74. The SMILES string of the molecule is CC(C)(C)CCC(O)CCc1ccncc1. The first-order valence-electron chi connectivity index (χ1n) is 6.04. The number of nitrogens with zero attached hydrogens (tertiary/aromatic N) is 1. The van der Waals surface area contributed by atoms with E-state index in [0.29, 0.717) is 5.41 Å². The molecule has 1 rings (SSSR count). The highest BCUT2D eigenvalue weighted by molar-refractivity contribution is 5.09. The third-order valence-electron chi connectivity index (χ3n) is 2.74. The summed E-state index contributed by atoms with van der Waals surface area (Å²) in [5.41, 5.74) is 1.57. The van der Waals surface area contributed by atoms with Crippen molar-refractivity contribution in [2.75, 3.05) is 0 Å². The molecule has 1 aromatic heterocycles. The Morgan fingerprint density at radius 1 is 1.19 bits per heavy atom. The molecule has 1 atom stereocenters. The first-order valence-corrected chi connectivity index (χ1v) is 6.04.